The van der Waals surface area contributed by atoms with Crippen molar-refractivity contribution >= 4 is 92.3 Å². The summed E-state index contributed by atoms with van der Waals surface area (Å²) in [4.78, 5) is 23.2. The van der Waals surface area contributed by atoms with E-state index < -0.39 is 21.8 Å². The van der Waals surface area contributed by atoms with Gasteiger partial charge in [-0.1, -0.05) is 46.9 Å². The van der Waals surface area contributed by atoms with E-state index in [1.54, 1.807) is 24.3 Å². The fourth-order valence-corrected chi connectivity index (χ4v) is 2.93. The SMILES string of the molecule is O=C([O-])c1ccc(NC(=S)N[C@H](NC(=O)c2ccc(I)cc2)C(Cl)(Cl)Cl)cc1. The molecule has 6 nitrogen and oxygen atoms in total. The van der Waals surface area contributed by atoms with Crippen LogP contribution in [0.5, 0.6) is 0 Å². The van der Waals surface area contributed by atoms with E-state index in [9.17, 15) is 14.7 Å². The van der Waals surface area contributed by atoms with Crippen molar-refractivity contribution in [3.63, 3.8) is 0 Å². The largest absolute Gasteiger partial charge is 0.545 e. The fraction of sp³-hybridized carbons (Fsp3) is 0.118. The molecule has 0 radical (unpaired) electrons. The second-order valence-corrected chi connectivity index (χ2v) is 9.44. The molecule has 0 aliphatic heterocycles. The number of benzene rings is 2. The predicted octanol–water partition coefficient (Wildman–Crippen LogP) is 3.07. The first kappa shape index (κ1) is 23.0. The van der Waals surface area contributed by atoms with Gasteiger partial charge in [0.2, 0.25) is 3.79 Å². The van der Waals surface area contributed by atoms with Crippen LogP contribution in [0.1, 0.15) is 20.7 Å². The summed E-state index contributed by atoms with van der Waals surface area (Å²) < 4.78 is -0.927. The zero-order valence-corrected chi connectivity index (χ0v) is 19.1. The van der Waals surface area contributed by atoms with Crippen LogP contribution in [0.2, 0.25) is 0 Å². The Kier molecular flexibility index (Phi) is 8.14. The summed E-state index contributed by atoms with van der Waals surface area (Å²) in [6, 6.07) is 12.5. The normalized spacial score (nSPS) is 12.0. The molecule has 2 rings (SSSR count). The van der Waals surface area contributed by atoms with Crippen molar-refractivity contribution in [1.29, 1.82) is 0 Å². The Labute approximate surface area is 195 Å². The summed E-state index contributed by atoms with van der Waals surface area (Å²) in [5.74, 6) is -1.75. The minimum Gasteiger partial charge on any atom is -0.545 e. The molecule has 0 saturated heterocycles. The minimum absolute atomic E-state index is 0.0216. The lowest BCUT2D eigenvalue weighted by molar-refractivity contribution is -0.255. The van der Waals surface area contributed by atoms with Gasteiger partial charge in [0.05, 0.1) is 5.97 Å². The lowest BCUT2D eigenvalue weighted by Gasteiger charge is -2.27. The first-order valence-corrected chi connectivity index (χ1v) is 10.2. The molecule has 11 heteroatoms. The molecule has 3 N–H and O–H groups in total. The van der Waals surface area contributed by atoms with Gasteiger partial charge in [0, 0.05) is 14.8 Å². The number of aromatic carboxylic acids is 1. The molecule has 1 atom stereocenters. The molecular formula is C17H12Cl3IN3O3S-. The Balaban J connectivity index is 2.04. The van der Waals surface area contributed by atoms with Crippen LogP contribution in [0, 0.1) is 3.57 Å². The van der Waals surface area contributed by atoms with Crippen molar-refractivity contribution in [3.05, 3.63) is 63.2 Å². The Morgan fingerprint density at radius 3 is 2.00 bits per heavy atom. The number of hydrogen-bond acceptors (Lipinski definition) is 4. The van der Waals surface area contributed by atoms with E-state index in [4.69, 9.17) is 47.0 Å². The van der Waals surface area contributed by atoms with Crippen molar-refractivity contribution in [2.45, 2.75) is 9.96 Å². The number of carboxylic acid groups (broad SMARTS) is 1. The summed E-state index contributed by atoms with van der Waals surface area (Å²) >= 11 is 25.1. The summed E-state index contributed by atoms with van der Waals surface area (Å²) in [6.07, 6.45) is -1.13. The second kappa shape index (κ2) is 9.93. The van der Waals surface area contributed by atoms with Gasteiger partial charge >= 0.3 is 0 Å². The van der Waals surface area contributed by atoms with Gasteiger partial charge in [-0.25, -0.2) is 0 Å². The molecule has 0 unspecified atom stereocenters. The number of alkyl halides is 3. The van der Waals surface area contributed by atoms with E-state index in [2.05, 4.69) is 38.5 Å². The van der Waals surface area contributed by atoms with Crippen molar-refractivity contribution in [1.82, 2.24) is 10.6 Å². The Morgan fingerprint density at radius 1 is 0.964 bits per heavy atom. The summed E-state index contributed by atoms with van der Waals surface area (Å²) in [6.45, 7) is 0. The molecule has 2 aromatic carbocycles. The molecule has 0 aliphatic rings. The van der Waals surface area contributed by atoms with Gasteiger partial charge in [-0.15, -0.1) is 0 Å². The lowest BCUT2D eigenvalue weighted by Crippen LogP contribution is -2.56. The smallest absolute Gasteiger partial charge is 0.252 e. The van der Waals surface area contributed by atoms with Crippen LogP contribution in [0.25, 0.3) is 0 Å². The quantitative estimate of drug-likeness (QED) is 0.221. The number of amides is 1. The average Bonchev–Trinajstić information content (AvgIpc) is 2.61. The number of anilines is 1. The molecular weight excluding hydrogens is 560 g/mol. The van der Waals surface area contributed by atoms with Crippen LogP contribution in [-0.4, -0.2) is 26.9 Å². The van der Waals surface area contributed by atoms with Gasteiger partial charge in [0.15, 0.2) is 5.11 Å². The van der Waals surface area contributed by atoms with Gasteiger partial charge in [-0.05, 0) is 76.8 Å². The van der Waals surface area contributed by atoms with Crippen molar-refractivity contribution < 1.29 is 14.7 Å². The number of halogens is 4. The third kappa shape index (κ3) is 6.93. The topological polar surface area (TPSA) is 93.3 Å². The van der Waals surface area contributed by atoms with E-state index >= 15 is 0 Å². The van der Waals surface area contributed by atoms with Crippen LogP contribution < -0.4 is 21.1 Å². The van der Waals surface area contributed by atoms with Gasteiger partial charge < -0.3 is 25.9 Å². The highest BCUT2D eigenvalue weighted by molar-refractivity contribution is 14.1. The molecule has 2 aromatic rings. The van der Waals surface area contributed by atoms with Crippen molar-refractivity contribution in [2.24, 2.45) is 0 Å². The molecule has 0 aliphatic carbocycles. The monoisotopic (exact) mass is 570 g/mol. The first-order valence-electron chi connectivity index (χ1n) is 7.58. The number of carbonyl (C=O) groups excluding carboxylic acids is 2. The Morgan fingerprint density at radius 2 is 1.50 bits per heavy atom. The first-order chi connectivity index (χ1) is 13.1. The maximum atomic E-state index is 12.4. The van der Waals surface area contributed by atoms with Crippen LogP contribution in [0.15, 0.2) is 48.5 Å². The fourth-order valence-electron chi connectivity index (χ4n) is 2.00. The minimum atomic E-state index is -1.90. The predicted molar refractivity (Wildman–Crippen MR) is 121 cm³/mol. The third-order valence-electron chi connectivity index (χ3n) is 3.36. The maximum absolute atomic E-state index is 12.4. The Bertz CT molecular complexity index is 874. The molecule has 28 heavy (non-hydrogen) atoms. The highest BCUT2D eigenvalue weighted by Crippen LogP contribution is 2.29. The van der Waals surface area contributed by atoms with Crippen LogP contribution in [-0.2, 0) is 0 Å². The molecule has 0 spiro atoms. The van der Waals surface area contributed by atoms with Crippen molar-refractivity contribution in [2.75, 3.05) is 5.32 Å². The molecule has 148 valence electrons. The zero-order valence-electron chi connectivity index (χ0n) is 13.8. The van der Waals surface area contributed by atoms with Crippen molar-refractivity contribution in [3.8, 4) is 0 Å². The highest BCUT2D eigenvalue weighted by Gasteiger charge is 2.34. The average molecular weight is 572 g/mol. The van der Waals surface area contributed by atoms with E-state index in [1.807, 2.05) is 0 Å². The molecule has 0 fully saturated rings. The molecule has 0 saturated carbocycles. The third-order valence-corrected chi connectivity index (χ3v) is 4.96. The number of carboxylic acids is 1. The highest BCUT2D eigenvalue weighted by atomic mass is 127. The number of rotatable bonds is 5. The molecule has 1 amide bonds. The van der Waals surface area contributed by atoms with Gasteiger partial charge in [0.25, 0.3) is 5.91 Å². The van der Waals surface area contributed by atoms with Gasteiger partial charge in [-0.3, -0.25) is 4.79 Å². The number of hydrogen-bond donors (Lipinski definition) is 3. The summed E-state index contributed by atoms with van der Waals surface area (Å²) in [5.41, 5.74) is 0.904. The van der Waals surface area contributed by atoms with E-state index in [0.717, 1.165) is 3.57 Å². The molecule has 0 bridgehead atoms. The zero-order chi connectivity index (χ0) is 20.9. The molecule has 0 heterocycles. The lowest BCUT2D eigenvalue weighted by atomic mass is 10.2. The molecule has 0 aromatic heterocycles. The standard InChI is InChI=1S/C17H13Cl3IN3O3S/c18-17(19,20)15(23-13(25)9-1-5-11(21)6-2-9)24-16(28)22-12-7-3-10(4-8-12)14(26)27/h1-8,15H,(H,23,25)(H,26,27)(H2,22,24,28)/p-1/t15-/m0/s1. The van der Waals surface area contributed by atoms with E-state index in [-0.39, 0.29) is 10.7 Å². The van der Waals surface area contributed by atoms with Gasteiger partial charge in [0.1, 0.15) is 6.17 Å². The maximum Gasteiger partial charge on any atom is 0.252 e. The summed E-state index contributed by atoms with van der Waals surface area (Å²) in [5, 5.41) is 18.9. The second-order valence-electron chi connectivity index (χ2n) is 5.42. The van der Waals surface area contributed by atoms with Crippen LogP contribution in [0.4, 0.5) is 5.69 Å². The van der Waals surface area contributed by atoms with Gasteiger partial charge in [-0.2, -0.15) is 0 Å². The van der Waals surface area contributed by atoms with Crippen LogP contribution in [0.3, 0.4) is 0 Å². The number of carbonyl (C=O) groups is 2. The summed E-state index contributed by atoms with van der Waals surface area (Å²) in [7, 11) is 0. The van der Waals surface area contributed by atoms with E-state index in [1.165, 1.54) is 24.3 Å². The van der Waals surface area contributed by atoms with E-state index in [0.29, 0.717) is 11.3 Å². The van der Waals surface area contributed by atoms with Crippen LogP contribution >= 0.6 is 69.6 Å². The number of thiocarbonyl (C=S) groups is 1. The Hall–Kier alpha value is -1.33. The number of nitrogens with one attached hydrogen (secondary N) is 3.